The van der Waals surface area contributed by atoms with Gasteiger partial charge in [-0.15, -0.1) is 11.8 Å². The molecule has 1 N–H and O–H groups in total. The zero-order valence-electron chi connectivity index (χ0n) is 12.2. The summed E-state index contributed by atoms with van der Waals surface area (Å²) in [5.74, 6) is 0.633. The number of benzene rings is 1. The van der Waals surface area contributed by atoms with E-state index in [0.29, 0.717) is 5.75 Å². The minimum Gasteiger partial charge on any atom is -0.340 e. The van der Waals surface area contributed by atoms with Crippen molar-refractivity contribution in [2.45, 2.75) is 11.8 Å². The molecule has 0 radical (unpaired) electrons. The minimum absolute atomic E-state index is 0.0181. The highest BCUT2D eigenvalue weighted by molar-refractivity contribution is 8.00. The lowest BCUT2D eigenvalue weighted by Gasteiger charge is -2.24. The molecule has 6 nitrogen and oxygen atoms in total. The molecule has 1 amide bonds. The van der Waals surface area contributed by atoms with Gasteiger partial charge in [-0.3, -0.25) is 14.9 Å². The van der Waals surface area contributed by atoms with Crippen molar-refractivity contribution < 1.29 is 14.6 Å². The fraction of sp³-hybridized carbons (Fsp3) is 0.500. The van der Waals surface area contributed by atoms with Gasteiger partial charge in [-0.2, -0.15) is 0 Å². The number of carbonyl (C=O) groups excluding carboxylic acids is 1. The molecule has 2 rings (SSSR count). The van der Waals surface area contributed by atoms with Gasteiger partial charge >= 0.3 is 0 Å². The lowest BCUT2D eigenvalue weighted by atomic mass is 10.2. The number of nitro benzene ring substituents is 1. The molecule has 0 aromatic heterocycles. The van der Waals surface area contributed by atoms with Crippen LogP contribution in [0.5, 0.6) is 0 Å². The van der Waals surface area contributed by atoms with E-state index >= 15 is 0 Å². The van der Waals surface area contributed by atoms with Gasteiger partial charge in [-0.05, 0) is 17.7 Å². The topological polar surface area (TPSA) is 67.9 Å². The number of quaternary nitrogens is 1. The zero-order valence-corrected chi connectivity index (χ0v) is 13.1. The monoisotopic (exact) mass is 310 g/mol. The van der Waals surface area contributed by atoms with Crippen LogP contribution in [0.3, 0.4) is 0 Å². The maximum Gasteiger partial charge on any atom is 0.269 e. The number of carbonyl (C=O) groups is 1. The summed E-state index contributed by atoms with van der Waals surface area (Å²) in [6.07, 6.45) is 0.956. The lowest BCUT2D eigenvalue weighted by molar-refractivity contribution is -0.858. The predicted molar refractivity (Wildman–Crippen MR) is 82.3 cm³/mol. The number of non-ortho nitro benzene ring substituents is 1. The van der Waals surface area contributed by atoms with Crippen molar-refractivity contribution in [3.05, 3.63) is 39.9 Å². The first kappa shape index (κ1) is 15.8. The van der Waals surface area contributed by atoms with Crippen LogP contribution in [0.4, 0.5) is 5.69 Å². The summed E-state index contributed by atoms with van der Waals surface area (Å²) in [7, 11) is 4.18. The Hall–Kier alpha value is -1.60. The number of amides is 1. The predicted octanol–water partition coefficient (Wildman–Crippen LogP) is 0.703. The molecule has 0 unspecified atom stereocenters. The Morgan fingerprint density at radius 3 is 2.62 bits per heavy atom. The number of thioether (sulfide) groups is 1. The molecule has 1 heterocycles. The smallest absolute Gasteiger partial charge is 0.269 e. The number of rotatable bonds is 6. The van der Waals surface area contributed by atoms with Crippen LogP contribution in [-0.2, 0) is 4.79 Å². The number of nitro groups is 1. The third-order valence-corrected chi connectivity index (χ3v) is 4.69. The zero-order chi connectivity index (χ0) is 15.4. The van der Waals surface area contributed by atoms with E-state index in [2.05, 4.69) is 14.1 Å². The van der Waals surface area contributed by atoms with E-state index in [1.54, 1.807) is 23.9 Å². The van der Waals surface area contributed by atoms with Crippen LogP contribution in [-0.4, -0.2) is 48.7 Å². The molecule has 1 atom stereocenters. The van der Waals surface area contributed by atoms with Crippen molar-refractivity contribution in [2.24, 2.45) is 0 Å². The van der Waals surface area contributed by atoms with Gasteiger partial charge in [0.05, 0.1) is 31.3 Å². The van der Waals surface area contributed by atoms with E-state index in [1.165, 1.54) is 17.0 Å². The molecule has 0 saturated carbocycles. The van der Waals surface area contributed by atoms with E-state index in [9.17, 15) is 14.9 Å². The lowest BCUT2D eigenvalue weighted by Crippen LogP contribution is -3.05. The number of nitrogens with one attached hydrogen (secondary N) is 1. The van der Waals surface area contributed by atoms with Crippen LogP contribution < -0.4 is 4.90 Å². The molecule has 1 fully saturated rings. The Morgan fingerprint density at radius 1 is 1.38 bits per heavy atom. The fourth-order valence-corrected chi connectivity index (χ4v) is 3.55. The highest BCUT2D eigenvalue weighted by Gasteiger charge is 2.32. The molecule has 21 heavy (non-hydrogen) atoms. The van der Waals surface area contributed by atoms with Gasteiger partial charge in [0.25, 0.3) is 5.69 Å². The van der Waals surface area contributed by atoms with Gasteiger partial charge in [0, 0.05) is 25.1 Å². The molecule has 1 saturated heterocycles. The number of hydrogen-bond donors (Lipinski definition) is 1. The van der Waals surface area contributed by atoms with E-state index in [4.69, 9.17) is 0 Å². The van der Waals surface area contributed by atoms with Crippen LogP contribution in [0.1, 0.15) is 17.4 Å². The molecule has 7 heteroatoms. The molecule has 114 valence electrons. The normalized spacial score (nSPS) is 18.5. The molecule has 1 aromatic rings. The molecular formula is C14H20N3O3S+. The molecule has 1 aliphatic rings. The van der Waals surface area contributed by atoms with Crippen molar-refractivity contribution in [1.82, 2.24) is 4.90 Å². The van der Waals surface area contributed by atoms with Gasteiger partial charge in [0.1, 0.15) is 5.37 Å². The summed E-state index contributed by atoms with van der Waals surface area (Å²) in [4.78, 5) is 25.5. The average Bonchev–Trinajstić information content (AvgIpc) is 2.80. The Labute approximate surface area is 128 Å². The van der Waals surface area contributed by atoms with E-state index < -0.39 is 4.92 Å². The fourth-order valence-electron chi connectivity index (χ4n) is 2.34. The second-order valence-corrected chi connectivity index (χ2v) is 6.48. The van der Waals surface area contributed by atoms with Crippen molar-refractivity contribution in [3.63, 3.8) is 0 Å². The van der Waals surface area contributed by atoms with Crippen LogP contribution >= 0.6 is 11.8 Å². The second-order valence-electron chi connectivity index (χ2n) is 5.41. The molecule has 0 aliphatic carbocycles. The van der Waals surface area contributed by atoms with Crippen molar-refractivity contribution in [1.29, 1.82) is 0 Å². The molecule has 0 bridgehead atoms. The van der Waals surface area contributed by atoms with Crippen molar-refractivity contribution >= 4 is 23.4 Å². The van der Waals surface area contributed by atoms with E-state index in [0.717, 1.165) is 25.1 Å². The maximum atomic E-state index is 12.0. The average molecular weight is 310 g/mol. The van der Waals surface area contributed by atoms with Gasteiger partial charge in [-0.1, -0.05) is 0 Å². The Kier molecular flexibility index (Phi) is 5.19. The summed E-state index contributed by atoms with van der Waals surface area (Å²) >= 11 is 1.58. The summed E-state index contributed by atoms with van der Waals surface area (Å²) in [5.41, 5.74) is 1.03. The van der Waals surface area contributed by atoms with Crippen LogP contribution in [0.2, 0.25) is 0 Å². The third-order valence-electron chi connectivity index (χ3n) is 3.43. The van der Waals surface area contributed by atoms with Crippen LogP contribution in [0.25, 0.3) is 0 Å². The Bertz CT molecular complexity index is 519. The van der Waals surface area contributed by atoms with Gasteiger partial charge in [0.2, 0.25) is 5.91 Å². The van der Waals surface area contributed by atoms with Crippen molar-refractivity contribution in [2.75, 3.05) is 32.9 Å². The third kappa shape index (κ3) is 3.95. The quantitative estimate of drug-likeness (QED) is 0.620. The first-order chi connectivity index (χ1) is 9.99. The van der Waals surface area contributed by atoms with E-state index in [-0.39, 0.29) is 17.0 Å². The molecule has 0 spiro atoms. The summed E-state index contributed by atoms with van der Waals surface area (Å²) in [6.45, 7) is 1.75. The van der Waals surface area contributed by atoms with Gasteiger partial charge in [0.15, 0.2) is 0 Å². The minimum atomic E-state index is -0.408. The largest absolute Gasteiger partial charge is 0.340 e. The highest BCUT2D eigenvalue weighted by atomic mass is 32.2. The molecular weight excluding hydrogens is 290 g/mol. The highest BCUT2D eigenvalue weighted by Crippen LogP contribution is 2.38. The summed E-state index contributed by atoms with van der Waals surface area (Å²) in [5, 5.41) is 10.7. The SMILES string of the molecule is C[NH+](C)CCCN1C(=O)CS[C@H]1c1ccc([N+](=O)[O-])cc1. The Morgan fingerprint density at radius 2 is 2.05 bits per heavy atom. The maximum absolute atomic E-state index is 12.0. The van der Waals surface area contributed by atoms with E-state index in [1.807, 2.05) is 4.90 Å². The number of hydrogen-bond acceptors (Lipinski definition) is 4. The van der Waals surface area contributed by atoms with Gasteiger partial charge < -0.3 is 9.80 Å². The van der Waals surface area contributed by atoms with Crippen LogP contribution in [0.15, 0.2) is 24.3 Å². The molecule has 1 aliphatic heterocycles. The van der Waals surface area contributed by atoms with Gasteiger partial charge in [-0.25, -0.2) is 0 Å². The van der Waals surface area contributed by atoms with Crippen LogP contribution in [0, 0.1) is 10.1 Å². The Balaban J connectivity index is 2.06. The first-order valence-electron chi connectivity index (χ1n) is 6.93. The molecule has 1 aromatic carbocycles. The van der Waals surface area contributed by atoms with Crippen molar-refractivity contribution in [3.8, 4) is 0 Å². The summed E-state index contributed by atoms with van der Waals surface area (Å²) < 4.78 is 0. The number of nitrogens with zero attached hydrogens (tertiary/aromatic N) is 2. The second kappa shape index (κ2) is 6.91. The summed E-state index contributed by atoms with van der Waals surface area (Å²) in [6, 6.07) is 6.50. The first-order valence-corrected chi connectivity index (χ1v) is 7.98. The standard InChI is InChI=1S/C14H19N3O3S/c1-15(2)8-3-9-16-13(18)10-21-14(16)11-4-6-12(7-5-11)17(19)20/h4-7,14H,3,8-10H2,1-2H3/p+1/t14-/m0/s1.